The molecule has 0 N–H and O–H groups in total. The lowest BCUT2D eigenvalue weighted by molar-refractivity contribution is -0.136. The molecule has 0 unspecified atom stereocenters. The number of amides is 1. The summed E-state index contributed by atoms with van der Waals surface area (Å²) in [7, 11) is 1.72. The van der Waals surface area contributed by atoms with Gasteiger partial charge in [-0.25, -0.2) is 0 Å². The third-order valence-electron chi connectivity index (χ3n) is 2.42. The number of benzene rings is 1. The molecule has 0 aliphatic carbocycles. The van der Waals surface area contributed by atoms with E-state index in [0.29, 0.717) is 22.3 Å². The lowest BCUT2D eigenvalue weighted by Crippen LogP contribution is -2.37. The van der Waals surface area contributed by atoms with Crippen LogP contribution in [0.4, 0.5) is 0 Å². The van der Waals surface area contributed by atoms with E-state index < -0.39 is 6.10 Å². The molecule has 0 spiro atoms. The zero-order valence-electron chi connectivity index (χ0n) is 10.0. The van der Waals surface area contributed by atoms with Crippen molar-refractivity contribution in [1.82, 2.24) is 4.90 Å². The lowest BCUT2D eigenvalue weighted by Gasteiger charge is -2.21. The topological polar surface area (TPSA) is 29.5 Å². The number of hydrogen-bond acceptors (Lipinski definition) is 2. The summed E-state index contributed by atoms with van der Waals surface area (Å²) < 4.78 is 5.50. The Hall–Kier alpha value is -0.930. The zero-order valence-corrected chi connectivity index (χ0v) is 11.5. The zero-order chi connectivity index (χ0) is 13.0. The average molecular weight is 276 g/mol. The third-order valence-corrected chi connectivity index (χ3v) is 3.22. The molecule has 1 atom stereocenters. The Balaban J connectivity index is 2.78. The normalized spacial score (nSPS) is 12.1. The van der Waals surface area contributed by atoms with Crippen LogP contribution in [0.2, 0.25) is 10.0 Å². The van der Waals surface area contributed by atoms with E-state index in [9.17, 15) is 4.79 Å². The molecular weight excluding hydrogens is 261 g/mol. The highest BCUT2D eigenvalue weighted by Gasteiger charge is 2.19. The predicted octanol–water partition coefficient (Wildman–Crippen LogP) is 3.24. The predicted molar refractivity (Wildman–Crippen MR) is 69.9 cm³/mol. The van der Waals surface area contributed by atoms with E-state index >= 15 is 0 Å². The van der Waals surface area contributed by atoms with E-state index in [0.717, 1.165) is 0 Å². The van der Waals surface area contributed by atoms with Crippen molar-refractivity contribution in [2.75, 3.05) is 13.6 Å². The van der Waals surface area contributed by atoms with Gasteiger partial charge < -0.3 is 9.64 Å². The molecule has 1 aromatic rings. The Morgan fingerprint density at radius 3 is 2.71 bits per heavy atom. The molecule has 0 aromatic heterocycles. The van der Waals surface area contributed by atoms with Gasteiger partial charge in [-0.15, -0.1) is 0 Å². The van der Waals surface area contributed by atoms with Crippen LogP contribution in [0, 0.1) is 0 Å². The lowest BCUT2D eigenvalue weighted by atomic mass is 10.3. The molecule has 17 heavy (non-hydrogen) atoms. The van der Waals surface area contributed by atoms with Crippen LogP contribution in [-0.2, 0) is 4.79 Å². The molecule has 94 valence electrons. The standard InChI is InChI=1S/C12H15Cl2NO2/c1-4-15(3)12(16)8(2)17-10-7-5-6-9(13)11(10)14/h5-8H,4H2,1-3H3/t8-/m0/s1. The van der Waals surface area contributed by atoms with Crippen molar-refractivity contribution in [3.63, 3.8) is 0 Å². The second-order valence-corrected chi connectivity index (χ2v) is 4.45. The van der Waals surface area contributed by atoms with Gasteiger partial charge in [-0.05, 0) is 26.0 Å². The molecule has 0 bridgehead atoms. The SMILES string of the molecule is CCN(C)C(=O)[C@H](C)Oc1cccc(Cl)c1Cl. The van der Waals surface area contributed by atoms with E-state index in [1.54, 1.807) is 37.1 Å². The second-order valence-electron chi connectivity index (χ2n) is 3.66. The van der Waals surface area contributed by atoms with E-state index in [2.05, 4.69) is 0 Å². The van der Waals surface area contributed by atoms with Crippen molar-refractivity contribution in [2.24, 2.45) is 0 Å². The largest absolute Gasteiger partial charge is 0.479 e. The molecule has 0 radical (unpaired) electrons. The summed E-state index contributed by atoms with van der Waals surface area (Å²) in [5.74, 6) is 0.327. The number of hydrogen-bond donors (Lipinski definition) is 0. The molecule has 0 saturated heterocycles. The third kappa shape index (κ3) is 3.51. The van der Waals surface area contributed by atoms with Gasteiger partial charge in [0.1, 0.15) is 10.8 Å². The first kappa shape index (κ1) is 14.1. The summed E-state index contributed by atoms with van der Waals surface area (Å²) in [5.41, 5.74) is 0. The number of nitrogens with zero attached hydrogens (tertiary/aromatic N) is 1. The van der Waals surface area contributed by atoms with Crippen LogP contribution in [0.1, 0.15) is 13.8 Å². The minimum atomic E-state index is -0.587. The fourth-order valence-corrected chi connectivity index (χ4v) is 1.62. The summed E-state index contributed by atoms with van der Waals surface area (Å²) in [5, 5.41) is 0.737. The molecule has 0 aliphatic rings. The average Bonchev–Trinajstić information content (AvgIpc) is 2.32. The van der Waals surface area contributed by atoms with Crippen LogP contribution in [-0.4, -0.2) is 30.5 Å². The molecule has 0 saturated carbocycles. The molecule has 3 nitrogen and oxygen atoms in total. The molecule has 1 aromatic carbocycles. The summed E-state index contributed by atoms with van der Waals surface area (Å²) in [6.07, 6.45) is -0.587. The first-order valence-electron chi connectivity index (χ1n) is 5.33. The van der Waals surface area contributed by atoms with Crippen LogP contribution < -0.4 is 4.74 Å². The maximum Gasteiger partial charge on any atom is 0.263 e. The maximum absolute atomic E-state index is 11.8. The highest BCUT2D eigenvalue weighted by atomic mass is 35.5. The summed E-state index contributed by atoms with van der Waals surface area (Å²) in [4.78, 5) is 13.4. The summed E-state index contributed by atoms with van der Waals surface area (Å²) in [6.45, 7) is 4.22. The quantitative estimate of drug-likeness (QED) is 0.844. The Bertz CT molecular complexity index is 409. The Morgan fingerprint density at radius 2 is 2.12 bits per heavy atom. The number of rotatable bonds is 4. The van der Waals surface area contributed by atoms with E-state index in [-0.39, 0.29) is 5.91 Å². The number of likely N-dealkylation sites (N-methyl/N-ethyl adjacent to an activating group) is 1. The van der Waals surface area contributed by atoms with Gasteiger partial charge in [-0.1, -0.05) is 29.3 Å². The van der Waals surface area contributed by atoms with Gasteiger partial charge in [0.15, 0.2) is 6.10 Å². The van der Waals surface area contributed by atoms with E-state index in [1.165, 1.54) is 0 Å². The van der Waals surface area contributed by atoms with Gasteiger partial charge in [-0.3, -0.25) is 4.79 Å². The number of carbonyl (C=O) groups is 1. The van der Waals surface area contributed by atoms with Crippen LogP contribution in [0.25, 0.3) is 0 Å². The van der Waals surface area contributed by atoms with Gasteiger partial charge in [0.2, 0.25) is 0 Å². The second kappa shape index (κ2) is 6.12. The van der Waals surface area contributed by atoms with Crippen molar-refractivity contribution in [3.8, 4) is 5.75 Å². The van der Waals surface area contributed by atoms with Gasteiger partial charge in [-0.2, -0.15) is 0 Å². The highest BCUT2D eigenvalue weighted by molar-refractivity contribution is 6.42. The Morgan fingerprint density at radius 1 is 1.47 bits per heavy atom. The number of carbonyl (C=O) groups excluding carboxylic acids is 1. The number of halogens is 2. The molecule has 0 fully saturated rings. The smallest absolute Gasteiger partial charge is 0.263 e. The fraction of sp³-hybridized carbons (Fsp3) is 0.417. The van der Waals surface area contributed by atoms with E-state index in [4.69, 9.17) is 27.9 Å². The van der Waals surface area contributed by atoms with Gasteiger partial charge in [0, 0.05) is 13.6 Å². The van der Waals surface area contributed by atoms with Crippen LogP contribution in [0.5, 0.6) is 5.75 Å². The first-order chi connectivity index (χ1) is 7.97. The monoisotopic (exact) mass is 275 g/mol. The molecule has 5 heteroatoms. The van der Waals surface area contributed by atoms with Crippen molar-refractivity contribution >= 4 is 29.1 Å². The van der Waals surface area contributed by atoms with Crippen LogP contribution in [0.3, 0.4) is 0 Å². The van der Waals surface area contributed by atoms with Gasteiger partial charge in [0.25, 0.3) is 5.91 Å². The summed E-state index contributed by atoms with van der Waals surface area (Å²) in [6, 6.07) is 5.08. The molecule has 1 rings (SSSR count). The van der Waals surface area contributed by atoms with Crippen molar-refractivity contribution < 1.29 is 9.53 Å². The molecule has 0 heterocycles. The van der Waals surface area contributed by atoms with Crippen molar-refractivity contribution in [2.45, 2.75) is 20.0 Å². The maximum atomic E-state index is 11.8. The van der Waals surface area contributed by atoms with Gasteiger partial charge >= 0.3 is 0 Å². The van der Waals surface area contributed by atoms with Crippen molar-refractivity contribution in [1.29, 1.82) is 0 Å². The molecule has 1 amide bonds. The number of ether oxygens (including phenoxy) is 1. The van der Waals surface area contributed by atoms with Crippen LogP contribution >= 0.6 is 23.2 Å². The van der Waals surface area contributed by atoms with Gasteiger partial charge in [0.05, 0.1) is 5.02 Å². The first-order valence-corrected chi connectivity index (χ1v) is 6.08. The Labute approximate surface area is 111 Å². The van der Waals surface area contributed by atoms with Crippen molar-refractivity contribution in [3.05, 3.63) is 28.2 Å². The van der Waals surface area contributed by atoms with Crippen LogP contribution in [0.15, 0.2) is 18.2 Å². The minimum absolute atomic E-state index is 0.0939. The Kier molecular flexibility index (Phi) is 5.09. The van der Waals surface area contributed by atoms with E-state index in [1.807, 2.05) is 6.92 Å². The molecular formula is C12H15Cl2NO2. The minimum Gasteiger partial charge on any atom is -0.479 e. The molecule has 0 aliphatic heterocycles. The highest BCUT2D eigenvalue weighted by Crippen LogP contribution is 2.32. The fourth-order valence-electron chi connectivity index (χ4n) is 1.28. The summed E-state index contributed by atoms with van der Waals surface area (Å²) >= 11 is 11.8.